The molecular weight excluding hydrogens is 326 g/mol. The first-order valence-electron chi connectivity index (χ1n) is 6.37. The van der Waals surface area contributed by atoms with Crippen LogP contribution in [0, 0.1) is 0 Å². The highest BCUT2D eigenvalue weighted by molar-refractivity contribution is 8.26. The Balaban J connectivity index is 1.88. The SMILES string of the molecule is C[C@@H](C(=O)O)N1C(=O)/C(=C/c2ccc3c(c2)OCO3)SC1=S. The van der Waals surface area contributed by atoms with Gasteiger partial charge in [0.2, 0.25) is 6.79 Å². The number of carboxylic acids is 1. The molecule has 1 fully saturated rings. The minimum atomic E-state index is -1.10. The Hall–Kier alpha value is -2.06. The normalized spacial score (nSPS) is 19.9. The predicted molar refractivity (Wildman–Crippen MR) is 84.7 cm³/mol. The van der Waals surface area contributed by atoms with Gasteiger partial charge in [-0.3, -0.25) is 9.69 Å². The average Bonchev–Trinajstić information content (AvgIpc) is 3.03. The fourth-order valence-corrected chi connectivity index (χ4v) is 3.50. The number of carbonyl (C=O) groups excluding carboxylic acids is 1. The van der Waals surface area contributed by atoms with Gasteiger partial charge in [0.1, 0.15) is 10.4 Å². The number of aliphatic carboxylic acids is 1. The minimum absolute atomic E-state index is 0.178. The molecule has 3 rings (SSSR count). The summed E-state index contributed by atoms with van der Waals surface area (Å²) in [7, 11) is 0. The molecule has 114 valence electrons. The molecule has 0 radical (unpaired) electrons. The van der Waals surface area contributed by atoms with Crippen LogP contribution in [-0.4, -0.2) is 39.0 Å². The maximum absolute atomic E-state index is 12.3. The van der Waals surface area contributed by atoms with Crippen molar-refractivity contribution in [1.82, 2.24) is 4.90 Å². The van der Waals surface area contributed by atoms with Gasteiger partial charge in [0.05, 0.1) is 4.91 Å². The molecule has 0 unspecified atom stereocenters. The molecule has 2 aliphatic heterocycles. The largest absolute Gasteiger partial charge is 0.480 e. The van der Waals surface area contributed by atoms with Gasteiger partial charge in [0, 0.05) is 0 Å². The van der Waals surface area contributed by atoms with Crippen LogP contribution in [0.25, 0.3) is 6.08 Å². The summed E-state index contributed by atoms with van der Waals surface area (Å²) in [6.45, 7) is 1.60. The highest BCUT2D eigenvalue weighted by Crippen LogP contribution is 2.37. The second kappa shape index (κ2) is 5.62. The number of thioether (sulfide) groups is 1. The topological polar surface area (TPSA) is 76.1 Å². The second-order valence-corrected chi connectivity index (χ2v) is 6.35. The molecule has 1 saturated heterocycles. The summed E-state index contributed by atoms with van der Waals surface area (Å²) >= 11 is 6.19. The summed E-state index contributed by atoms with van der Waals surface area (Å²) in [5.41, 5.74) is 0.757. The van der Waals surface area contributed by atoms with Crippen molar-refractivity contribution in [2.45, 2.75) is 13.0 Å². The molecule has 0 aliphatic carbocycles. The first-order chi connectivity index (χ1) is 10.5. The highest BCUT2D eigenvalue weighted by atomic mass is 32.2. The van der Waals surface area contributed by atoms with Crippen molar-refractivity contribution in [3.8, 4) is 11.5 Å². The van der Waals surface area contributed by atoms with E-state index in [1.54, 1.807) is 24.3 Å². The third-order valence-corrected chi connectivity index (χ3v) is 4.59. The summed E-state index contributed by atoms with van der Waals surface area (Å²) in [6.07, 6.45) is 1.66. The molecule has 0 spiro atoms. The summed E-state index contributed by atoms with van der Waals surface area (Å²) in [4.78, 5) is 24.9. The number of rotatable bonds is 3. The fourth-order valence-electron chi connectivity index (χ4n) is 2.08. The molecule has 1 amide bonds. The summed E-state index contributed by atoms with van der Waals surface area (Å²) in [5.74, 6) is -0.226. The van der Waals surface area contributed by atoms with Gasteiger partial charge >= 0.3 is 5.97 Å². The van der Waals surface area contributed by atoms with Crippen LogP contribution in [0.15, 0.2) is 23.1 Å². The minimum Gasteiger partial charge on any atom is -0.480 e. The fraction of sp³-hybridized carbons (Fsp3) is 0.214. The number of benzene rings is 1. The monoisotopic (exact) mass is 337 g/mol. The van der Waals surface area contributed by atoms with Gasteiger partial charge in [0.25, 0.3) is 5.91 Å². The van der Waals surface area contributed by atoms with Crippen LogP contribution < -0.4 is 9.47 Å². The van der Waals surface area contributed by atoms with Gasteiger partial charge in [-0.1, -0.05) is 30.0 Å². The van der Waals surface area contributed by atoms with Gasteiger partial charge in [-0.15, -0.1) is 0 Å². The zero-order valence-electron chi connectivity index (χ0n) is 11.4. The third-order valence-electron chi connectivity index (χ3n) is 3.26. The standard InChI is InChI=1S/C14H11NO5S2/c1-7(13(17)18)15-12(16)11(22-14(15)21)5-8-2-3-9-10(4-8)20-6-19-9/h2-5,7H,6H2,1H3,(H,17,18)/b11-5-/t7-/m0/s1. The maximum Gasteiger partial charge on any atom is 0.326 e. The van der Waals surface area contributed by atoms with Crippen LogP contribution in [0.1, 0.15) is 12.5 Å². The van der Waals surface area contributed by atoms with E-state index in [-0.39, 0.29) is 11.1 Å². The molecule has 1 aromatic carbocycles. The first kappa shape index (κ1) is 14.9. The number of carbonyl (C=O) groups is 2. The van der Waals surface area contributed by atoms with Crippen molar-refractivity contribution in [2.24, 2.45) is 0 Å². The average molecular weight is 337 g/mol. The summed E-state index contributed by atoms with van der Waals surface area (Å²) in [6, 6.07) is 4.32. The second-order valence-electron chi connectivity index (χ2n) is 4.68. The highest BCUT2D eigenvalue weighted by Gasteiger charge is 2.38. The van der Waals surface area contributed by atoms with E-state index in [2.05, 4.69) is 0 Å². The van der Waals surface area contributed by atoms with E-state index >= 15 is 0 Å². The van der Waals surface area contributed by atoms with E-state index < -0.39 is 17.9 Å². The van der Waals surface area contributed by atoms with Crippen molar-refractivity contribution in [3.05, 3.63) is 28.7 Å². The third kappa shape index (κ3) is 2.55. The van der Waals surface area contributed by atoms with Crippen LogP contribution >= 0.6 is 24.0 Å². The number of thiocarbonyl (C=S) groups is 1. The zero-order valence-corrected chi connectivity index (χ0v) is 13.1. The number of hydrogen-bond acceptors (Lipinski definition) is 6. The van der Waals surface area contributed by atoms with Crippen molar-refractivity contribution in [3.63, 3.8) is 0 Å². The number of hydrogen-bond donors (Lipinski definition) is 1. The number of amides is 1. The van der Waals surface area contributed by atoms with Crippen LogP contribution in [0.4, 0.5) is 0 Å². The van der Waals surface area contributed by atoms with E-state index in [0.29, 0.717) is 16.4 Å². The molecule has 1 aromatic rings. The Morgan fingerprint density at radius 2 is 2.18 bits per heavy atom. The van der Waals surface area contributed by atoms with E-state index in [1.165, 1.54) is 6.92 Å². The Bertz CT molecular complexity index is 715. The lowest BCUT2D eigenvalue weighted by Gasteiger charge is -2.18. The number of carboxylic acid groups (broad SMARTS) is 1. The van der Waals surface area contributed by atoms with Crippen LogP contribution in [0.5, 0.6) is 11.5 Å². The van der Waals surface area contributed by atoms with Crippen LogP contribution in [0.2, 0.25) is 0 Å². The summed E-state index contributed by atoms with van der Waals surface area (Å²) in [5, 5.41) is 9.05. The molecular formula is C14H11NO5S2. The molecule has 2 aliphatic rings. The maximum atomic E-state index is 12.3. The first-order valence-corrected chi connectivity index (χ1v) is 7.59. The van der Waals surface area contributed by atoms with Crippen molar-refractivity contribution >= 4 is 46.3 Å². The molecule has 22 heavy (non-hydrogen) atoms. The molecule has 0 bridgehead atoms. The van der Waals surface area contributed by atoms with Crippen LogP contribution in [0.3, 0.4) is 0 Å². The summed E-state index contributed by atoms with van der Waals surface area (Å²) < 4.78 is 10.8. The molecule has 1 atom stereocenters. The number of nitrogens with zero attached hydrogens (tertiary/aromatic N) is 1. The Morgan fingerprint density at radius 3 is 2.91 bits per heavy atom. The number of fused-ring (bicyclic) bond motifs is 1. The molecule has 0 aromatic heterocycles. The predicted octanol–water partition coefficient (Wildman–Crippen LogP) is 2.09. The van der Waals surface area contributed by atoms with Crippen molar-refractivity contribution in [1.29, 1.82) is 0 Å². The number of ether oxygens (including phenoxy) is 2. The van der Waals surface area contributed by atoms with E-state index in [0.717, 1.165) is 22.2 Å². The van der Waals surface area contributed by atoms with E-state index in [9.17, 15) is 9.59 Å². The van der Waals surface area contributed by atoms with Crippen molar-refractivity contribution in [2.75, 3.05) is 6.79 Å². The lowest BCUT2D eigenvalue weighted by atomic mass is 10.2. The Labute approximate surface area is 135 Å². The smallest absolute Gasteiger partial charge is 0.326 e. The van der Waals surface area contributed by atoms with E-state index in [1.807, 2.05) is 0 Å². The molecule has 1 N–H and O–H groups in total. The van der Waals surface area contributed by atoms with Gasteiger partial charge in [0.15, 0.2) is 11.5 Å². The van der Waals surface area contributed by atoms with Gasteiger partial charge in [-0.05, 0) is 30.7 Å². The van der Waals surface area contributed by atoms with Crippen molar-refractivity contribution < 1.29 is 24.2 Å². The molecule has 8 heteroatoms. The van der Waals surface area contributed by atoms with Crippen LogP contribution in [-0.2, 0) is 9.59 Å². The van der Waals surface area contributed by atoms with Gasteiger partial charge in [-0.2, -0.15) is 0 Å². The Morgan fingerprint density at radius 1 is 1.45 bits per heavy atom. The van der Waals surface area contributed by atoms with Gasteiger partial charge < -0.3 is 14.6 Å². The molecule has 2 heterocycles. The lowest BCUT2D eigenvalue weighted by Crippen LogP contribution is -2.41. The molecule has 6 nitrogen and oxygen atoms in total. The Kier molecular flexibility index (Phi) is 3.79. The lowest BCUT2D eigenvalue weighted by molar-refractivity contribution is -0.144. The molecule has 0 saturated carbocycles. The van der Waals surface area contributed by atoms with Gasteiger partial charge in [-0.25, -0.2) is 4.79 Å². The quantitative estimate of drug-likeness (QED) is 0.668. The zero-order chi connectivity index (χ0) is 15.9. The van der Waals surface area contributed by atoms with E-state index in [4.69, 9.17) is 26.8 Å².